The Hall–Kier alpha value is -1.16. The van der Waals surface area contributed by atoms with Gasteiger partial charge in [0, 0.05) is 6.07 Å². The van der Waals surface area contributed by atoms with Crippen LogP contribution < -0.4 is 10.9 Å². The highest BCUT2D eigenvalue weighted by Crippen LogP contribution is 2.13. The third kappa shape index (κ3) is 2.42. The van der Waals surface area contributed by atoms with Crippen molar-refractivity contribution < 1.29 is 0 Å². The Kier molecular flexibility index (Phi) is 2.93. The lowest BCUT2D eigenvalue weighted by Gasteiger charge is -2.21. The van der Waals surface area contributed by atoms with Gasteiger partial charge in [0.25, 0.3) is 5.56 Å². The van der Waals surface area contributed by atoms with Crippen molar-refractivity contribution in [1.82, 2.24) is 15.5 Å². The average molecular weight is 193 g/mol. The maximum atomic E-state index is 10.8. The number of aromatic nitrogens is 2. The summed E-state index contributed by atoms with van der Waals surface area (Å²) in [5.41, 5.74) is 0.855. The van der Waals surface area contributed by atoms with Crippen molar-refractivity contribution in [3.63, 3.8) is 0 Å². The van der Waals surface area contributed by atoms with Crippen molar-refractivity contribution in [1.29, 1.82) is 0 Å². The van der Waals surface area contributed by atoms with Gasteiger partial charge in [0.1, 0.15) is 0 Å². The Balaban J connectivity index is 1.96. The molecule has 1 atom stereocenters. The van der Waals surface area contributed by atoms with Crippen LogP contribution in [0.1, 0.15) is 18.5 Å². The van der Waals surface area contributed by atoms with E-state index in [-0.39, 0.29) is 5.56 Å². The van der Waals surface area contributed by atoms with Gasteiger partial charge in [-0.2, -0.15) is 5.10 Å². The second kappa shape index (κ2) is 4.37. The summed E-state index contributed by atoms with van der Waals surface area (Å²) in [6.07, 6.45) is 3.46. The fourth-order valence-corrected chi connectivity index (χ4v) is 1.88. The Morgan fingerprint density at radius 1 is 1.50 bits per heavy atom. The summed E-state index contributed by atoms with van der Waals surface area (Å²) in [6.45, 7) is 2.20. The number of nitrogens with zero attached hydrogens (tertiary/aromatic N) is 1. The van der Waals surface area contributed by atoms with Crippen molar-refractivity contribution in [2.75, 3.05) is 13.1 Å². The molecule has 4 nitrogen and oxygen atoms in total. The smallest absolute Gasteiger partial charge is 0.264 e. The topological polar surface area (TPSA) is 57.8 Å². The number of hydrogen-bond donors (Lipinski definition) is 2. The van der Waals surface area contributed by atoms with E-state index >= 15 is 0 Å². The second-order valence-electron chi connectivity index (χ2n) is 3.83. The van der Waals surface area contributed by atoms with Crippen molar-refractivity contribution in [2.24, 2.45) is 5.92 Å². The largest absolute Gasteiger partial charge is 0.316 e. The van der Waals surface area contributed by atoms with Crippen LogP contribution >= 0.6 is 0 Å². The summed E-state index contributed by atoms with van der Waals surface area (Å²) in [7, 11) is 0. The van der Waals surface area contributed by atoms with E-state index in [0.717, 1.165) is 25.2 Å². The predicted molar refractivity (Wildman–Crippen MR) is 54.2 cm³/mol. The summed E-state index contributed by atoms with van der Waals surface area (Å²) in [6, 6.07) is 3.35. The number of aromatic amines is 1. The molecule has 2 heterocycles. The first kappa shape index (κ1) is 9.40. The van der Waals surface area contributed by atoms with E-state index in [0.29, 0.717) is 5.92 Å². The first-order valence-electron chi connectivity index (χ1n) is 5.10. The number of hydrogen-bond acceptors (Lipinski definition) is 3. The number of H-pyrrole nitrogens is 1. The standard InChI is InChI=1S/C10H15N3O/c14-10-4-3-9(12-13-10)6-8-2-1-5-11-7-8/h3-4,8,11H,1-2,5-7H2,(H,13,14). The number of piperidine rings is 1. The highest BCUT2D eigenvalue weighted by atomic mass is 16.1. The lowest BCUT2D eigenvalue weighted by molar-refractivity contribution is 0.372. The molecular formula is C10H15N3O. The monoisotopic (exact) mass is 193 g/mol. The van der Waals surface area contributed by atoms with Crippen molar-refractivity contribution >= 4 is 0 Å². The van der Waals surface area contributed by atoms with Gasteiger partial charge in [-0.15, -0.1) is 0 Å². The molecule has 1 aromatic rings. The molecule has 1 aliphatic rings. The van der Waals surface area contributed by atoms with Crippen LogP contribution in [0.3, 0.4) is 0 Å². The summed E-state index contributed by atoms with van der Waals surface area (Å²) >= 11 is 0. The molecule has 2 N–H and O–H groups in total. The van der Waals surface area contributed by atoms with Crippen molar-refractivity contribution in [3.8, 4) is 0 Å². The van der Waals surface area contributed by atoms with E-state index in [1.807, 2.05) is 6.07 Å². The number of rotatable bonds is 2. The normalized spacial score (nSPS) is 22.1. The molecule has 0 radical (unpaired) electrons. The van der Waals surface area contributed by atoms with Crippen LogP contribution in [0.15, 0.2) is 16.9 Å². The van der Waals surface area contributed by atoms with Crippen LogP contribution in [0, 0.1) is 5.92 Å². The van der Waals surface area contributed by atoms with Gasteiger partial charge in [-0.25, -0.2) is 5.10 Å². The van der Waals surface area contributed by atoms with Crippen LogP contribution in [0.4, 0.5) is 0 Å². The fraction of sp³-hybridized carbons (Fsp3) is 0.600. The first-order valence-corrected chi connectivity index (χ1v) is 5.10. The maximum absolute atomic E-state index is 10.8. The molecule has 1 aromatic heterocycles. The Morgan fingerprint density at radius 2 is 2.43 bits per heavy atom. The molecule has 76 valence electrons. The van der Waals surface area contributed by atoms with Crippen molar-refractivity contribution in [3.05, 3.63) is 28.2 Å². The summed E-state index contributed by atoms with van der Waals surface area (Å²) in [5, 5.41) is 9.84. The summed E-state index contributed by atoms with van der Waals surface area (Å²) in [5.74, 6) is 0.669. The number of nitrogens with one attached hydrogen (secondary N) is 2. The molecule has 1 fully saturated rings. The minimum absolute atomic E-state index is 0.129. The third-order valence-corrected chi connectivity index (χ3v) is 2.63. The van der Waals surface area contributed by atoms with Gasteiger partial charge in [0.05, 0.1) is 5.69 Å². The van der Waals surface area contributed by atoms with E-state index < -0.39 is 0 Å². The van der Waals surface area contributed by atoms with Crippen LogP contribution in [0.2, 0.25) is 0 Å². The molecule has 1 saturated heterocycles. The minimum atomic E-state index is -0.129. The quantitative estimate of drug-likeness (QED) is 0.710. The highest BCUT2D eigenvalue weighted by molar-refractivity contribution is 5.01. The Bertz CT molecular complexity index is 321. The molecule has 0 bridgehead atoms. The molecule has 0 spiro atoms. The van der Waals surface area contributed by atoms with Gasteiger partial charge in [0.2, 0.25) is 0 Å². The van der Waals surface area contributed by atoms with E-state index in [1.54, 1.807) is 6.07 Å². The van der Waals surface area contributed by atoms with E-state index in [9.17, 15) is 4.79 Å². The summed E-state index contributed by atoms with van der Waals surface area (Å²) in [4.78, 5) is 10.8. The summed E-state index contributed by atoms with van der Waals surface area (Å²) < 4.78 is 0. The van der Waals surface area contributed by atoms with E-state index in [2.05, 4.69) is 15.5 Å². The predicted octanol–water partition coefficient (Wildman–Crippen LogP) is 0.312. The molecule has 0 amide bonds. The second-order valence-corrected chi connectivity index (χ2v) is 3.83. The van der Waals surface area contributed by atoms with Gasteiger partial charge in [-0.3, -0.25) is 4.79 Å². The Labute approximate surface area is 82.7 Å². The maximum Gasteiger partial charge on any atom is 0.264 e. The molecule has 0 aliphatic carbocycles. The van der Waals surface area contributed by atoms with Crippen LogP contribution in [-0.2, 0) is 6.42 Å². The zero-order valence-electron chi connectivity index (χ0n) is 8.12. The average Bonchev–Trinajstić information content (AvgIpc) is 2.23. The molecule has 0 saturated carbocycles. The zero-order chi connectivity index (χ0) is 9.80. The molecule has 0 aromatic carbocycles. The van der Waals surface area contributed by atoms with Gasteiger partial charge in [0.15, 0.2) is 0 Å². The third-order valence-electron chi connectivity index (χ3n) is 2.63. The SMILES string of the molecule is O=c1ccc(CC2CCCNC2)n[nH]1. The van der Waals surface area contributed by atoms with E-state index in [4.69, 9.17) is 0 Å². The van der Waals surface area contributed by atoms with Gasteiger partial charge >= 0.3 is 0 Å². The lowest BCUT2D eigenvalue weighted by atomic mass is 9.95. The van der Waals surface area contributed by atoms with Crippen LogP contribution in [0.5, 0.6) is 0 Å². The minimum Gasteiger partial charge on any atom is -0.316 e. The molecule has 1 unspecified atom stereocenters. The Morgan fingerprint density at radius 3 is 3.07 bits per heavy atom. The molecule has 14 heavy (non-hydrogen) atoms. The lowest BCUT2D eigenvalue weighted by Crippen LogP contribution is -2.31. The van der Waals surface area contributed by atoms with Gasteiger partial charge < -0.3 is 5.32 Å². The molecular weight excluding hydrogens is 178 g/mol. The van der Waals surface area contributed by atoms with E-state index in [1.165, 1.54) is 12.8 Å². The van der Waals surface area contributed by atoms with Crippen LogP contribution in [-0.4, -0.2) is 23.3 Å². The zero-order valence-corrected chi connectivity index (χ0v) is 8.12. The van der Waals surface area contributed by atoms with Gasteiger partial charge in [-0.1, -0.05) is 0 Å². The fourth-order valence-electron chi connectivity index (χ4n) is 1.88. The molecule has 2 rings (SSSR count). The molecule has 1 aliphatic heterocycles. The molecule has 4 heteroatoms. The first-order chi connectivity index (χ1) is 6.84. The van der Waals surface area contributed by atoms with Crippen LogP contribution in [0.25, 0.3) is 0 Å². The highest BCUT2D eigenvalue weighted by Gasteiger charge is 2.13. The van der Waals surface area contributed by atoms with Crippen molar-refractivity contribution in [2.45, 2.75) is 19.3 Å². The van der Waals surface area contributed by atoms with Gasteiger partial charge in [-0.05, 0) is 44.3 Å².